The number of nitrogens with zero attached hydrogens (tertiary/aromatic N) is 2. The fourth-order valence-corrected chi connectivity index (χ4v) is 2.78. The first-order valence-corrected chi connectivity index (χ1v) is 6.57. The van der Waals surface area contributed by atoms with Crippen molar-refractivity contribution in [3.05, 3.63) is 33.9 Å². The maximum atomic E-state index is 14.7. The zero-order valence-corrected chi connectivity index (χ0v) is 11.4. The third-order valence-corrected chi connectivity index (χ3v) is 3.81. The van der Waals surface area contributed by atoms with Gasteiger partial charge in [0, 0.05) is 24.1 Å². The number of aliphatic imine (C=N–C) groups is 1. The van der Waals surface area contributed by atoms with Crippen LogP contribution in [0.3, 0.4) is 0 Å². The van der Waals surface area contributed by atoms with E-state index in [0.29, 0.717) is 0 Å². The van der Waals surface area contributed by atoms with E-state index >= 15 is 0 Å². The minimum atomic E-state index is -3.36. The smallest absolute Gasteiger partial charge is 0.299 e. The van der Waals surface area contributed by atoms with Crippen molar-refractivity contribution in [1.82, 2.24) is 0 Å². The Hall–Kier alpha value is -2.29. The molecule has 0 aliphatic carbocycles. The molecule has 0 fully saturated rings. The highest BCUT2D eigenvalue weighted by molar-refractivity contribution is 5.82. The summed E-state index contributed by atoms with van der Waals surface area (Å²) < 4.78 is 39.6. The molecule has 22 heavy (non-hydrogen) atoms. The molecule has 0 aromatic heterocycles. The van der Waals surface area contributed by atoms with Crippen molar-refractivity contribution in [2.75, 3.05) is 19.8 Å². The Kier molecular flexibility index (Phi) is 3.24. The molecular formula is C13H13F2N3O4. The molecule has 3 rings (SSSR count). The number of amidine groups is 1. The fourth-order valence-electron chi connectivity index (χ4n) is 2.78. The average Bonchev–Trinajstić information content (AvgIpc) is 2.56. The van der Waals surface area contributed by atoms with Crippen molar-refractivity contribution in [2.45, 2.75) is 17.9 Å². The monoisotopic (exact) mass is 313 g/mol. The molecule has 0 radical (unpaired) electrons. The van der Waals surface area contributed by atoms with Gasteiger partial charge in [0.2, 0.25) is 0 Å². The molecule has 2 aliphatic heterocycles. The van der Waals surface area contributed by atoms with Gasteiger partial charge in [-0.3, -0.25) is 15.1 Å². The summed E-state index contributed by atoms with van der Waals surface area (Å²) in [5, 5.41) is 10.9. The number of rotatable bonds is 1. The minimum Gasteiger partial charge on any atom is -0.493 e. The molecule has 0 bridgehead atoms. The first kappa shape index (κ1) is 14.6. The lowest BCUT2D eigenvalue weighted by atomic mass is 9.79. The predicted molar refractivity (Wildman–Crippen MR) is 72.3 cm³/mol. The highest BCUT2D eigenvalue weighted by Gasteiger charge is 2.59. The summed E-state index contributed by atoms with van der Waals surface area (Å²) in [6.07, 6.45) is -0.141. The number of non-ortho nitro benzene ring substituents is 1. The minimum absolute atomic E-state index is 0.0111. The number of alkyl halides is 2. The van der Waals surface area contributed by atoms with E-state index in [9.17, 15) is 18.9 Å². The predicted octanol–water partition coefficient (Wildman–Crippen LogP) is 1.60. The summed E-state index contributed by atoms with van der Waals surface area (Å²) >= 11 is 0. The van der Waals surface area contributed by atoms with Crippen molar-refractivity contribution in [1.29, 1.82) is 0 Å². The van der Waals surface area contributed by atoms with Crippen LogP contribution in [0.1, 0.15) is 12.0 Å². The number of hydrogen-bond donors (Lipinski definition) is 1. The van der Waals surface area contributed by atoms with E-state index in [-0.39, 0.29) is 42.5 Å². The largest absolute Gasteiger partial charge is 0.493 e. The van der Waals surface area contributed by atoms with Gasteiger partial charge >= 0.3 is 0 Å². The van der Waals surface area contributed by atoms with Gasteiger partial charge in [0.05, 0.1) is 11.5 Å². The van der Waals surface area contributed by atoms with E-state index < -0.39 is 23.0 Å². The van der Waals surface area contributed by atoms with Crippen LogP contribution >= 0.6 is 0 Å². The Bertz CT molecular complexity index is 665. The second-order valence-corrected chi connectivity index (χ2v) is 5.20. The molecule has 1 spiro atoms. The van der Waals surface area contributed by atoms with Crippen LogP contribution in [0.5, 0.6) is 5.75 Å². The molecule has 9 heteroatoms. The normalized spacial score (nSPS) is 26.5. The van der Waals surface area contributed by atoms with Crippen LogP contribution in [0.2, 0.25) is 0 Å². The van der Waals surface area contributed by atoms with Crippen LogP contribution in [0.15, 0.2) is 23.2 Å². The van der Waals surface area contributed by atoms with E-state index in [4.69, 9.17) is 15.2 Å². The Labute approximate surface area is 123 Å². The Balaban J connectivity index is 2.25. The van der Waals surface area contributed by atoms with Crippen molar-refractivity contribution < 1.29 is 23.2 Å². The average molecular weight is 313 g/mol. The van der Waals surface area contributed by atoms with E-state index in [0.717, 1.165) is 6.07 Å². The summed E-state index contributed by atoms with van der Waals surface area (Å²) in [5.41, 5.74) is 3.28. The zero-order chi connectivity index (χ0) is 16.0. The molecule has 118 valence electrons. The van der Waals surface area contributed by atoms with Gasteiger partial charge < -0.3 is 15.2 Å². The number of nitrogens with two attached hydrogens (primary N) is 1. The summed E-state index contributed by atoms with van der Waals surface area (Å²) in [6.45, 7) is -1.06. The standard InChI is InChI=1S/C13H13F2N3O4/c14-13(15)7-21-6-11(16)17-12(13)3-4-22-10-2-1-8(18(19)20)5-9(10)12/h1-2,5H,3-4,6-7H2,(H2,16,17)/t12-/m1/s1. The third kappa shape index (κ3) is 2.08. The molecule has 1 atom stereocenters. The van der Waals surface area contributed by atoms with E-state index in [1.165, 1.54) is 12.1 Å². The topological polar surface area (TPSA) is 100.0 Å². The lowest BCUT2D eigenvalue weighted by Crippen LogP contribution is -2.49. The second kappa shape index (κ2) is 4.87. The molecule has 0 saturated heterocycles. The molecule has 0 amide bonds. The van der Waals surface area contributed by atoms with E-state index in [1.807, 2.05) is 0 Å². The molecule has 1 aromatic carbocycles. The number of nitro benzene ring substituents is 1. The lowest BCUT2D eigenvalue weighted by Gasteiger charge is -2.39. The number of halogens is 2. The van der Waals surface area contributed by atoms with E-state index in [2.05, 4.69) is 4.99 Å². The van der Waals surface area contributed by atoms with Crippen molar-refractivity contribution in [2.24, 2.45) is 10.7 Å². The quantitative estimate of drug-likeness (QED) is 0.627. The SMILES string of the molecule is NC1=N[C@@]2(CCOc3ccc([N+](=O)[O-])cc32)C(F)(F)COC1. The van der Waals surface area contributed by atoms with Crippen LogP contribution in [0.4, 0.5) is 14.5 Å². The van der Waals surface area contributed by atoms with Gasteiger partial charge in [-0.2, -0.15) is 0 Å². The molecule has 0 unspecified atom stereocenters. The Morgan fingerprint density at radius 3 is 2.91 bits per heavy atom. The van der Waals surface area contributed by atoms with Gasteiger partial charge in [0.15, 0.2) is 5.54 Å². The first-order valence-electron chi connectivity index (χ1n) is 6.57. The highest BCUT2D eigenvalue weighted by Crippen LogP contribution is 2.51. The molecular weight excluding hydrogens is 300 g/mol. The second-order valence-electron chi connectivity index (χ2n) is 5.20. The summed E-state index contributed by atoms with van der Waals surface area (Å²) in [6, 6.07) is 3.59. The Morgan fingerprint density at radius 2 is 2.18 bits per heavy atom. The van der Waals surface area contributed by atoms with Crippen LogP contribution in [0.25, 0.3) is 0 Å². The molecule has 7 nitrogen and oxygen atoms in total. The van der Waals surface area contributed by atoms with Gasteiger partial charge in [-0.25, -0.2) is 8.78 Å². The van der Waals surface area contributed by atoms with Gasteiger partial charge in [-0.1, -0.05) is 0 Å². The Morgan fingerprint density at radius 1 is 1.41 bits per heavy atom. The summed E-state index contributed by atoms with van der Waals surface area (Å²) in [7, 11) is 0. The molecule has 2 aliphatic rings. The lowest BCUT2D eigenvalue weighted by molar-refractivity contribution is -0.385. The number of fused-ring (bicyclic) bond motifs is 2. The van der Waals surface area contributed by atoms with Crippen molar-refractivity contribution >= 4 is 11.5 Å². The van der Waals surface area contributed by atoms with Crippen molar-refractivity contribution in [3.63, 3.8) is 0 Å². The number of hydrogen-bond acceptors (Lipinski definition) is 6. The first-order chi connectivity index (χ1) is 10.4. The zero-order valence-electron chi connectivity index (χ0n) is 11.4. The molecule has 2 heterocycles. The maximum absolute atomic E-state index is 14.7. The number of nitro groups is 1. The van der Waals surface area contributed by atoms with Gasteiger partial charge in [0.1, 0.15) is 24.8 Å². The van der Waals surface area contributed by atoms with Crippen LogP contribution in [-0.2, 0) is 10.3 Å². The maximum Gasteiger partial charge on any atom is 0.299 e. The van der Waals surface area contributed by atoms with Crippen molar-refractivity contribution in [3.8, 4) is 5.75 Å². The van der Waals surface area contributed by atoms with Crippen LogP contribution in [-0.4, -0.2) is 36.5 Å². The van der Waals surface area contributed by atoms with Crippen LogP contribution < -0.4 is 10.5 Å². The van der Waals surface area contributed by atoms with Gasteiger partial charge in [-0.15, -0.1) is 0 Å². The van der Waals surface area contributed by atoms with Crippen LogP contribution in [0, 0.1) is 10.1 Å². The number of ether oxygens (including phenoxy) is 2. The fraction of sp³-hybridized carbons (Fsp3) is 0.462. The molecule has 2 N–H and O–H groups in total. The number of benzene rings is 1. The van der Waals surface area contributed by atoms with E-state index in [1.54, 1.807) is 0 Å². The third-order valence-electron chi connectivity index (χ3n) is 3.81. The van der Waals surface area contributed by atoms with Gasteiger partial charge in [-0.05, 0) is 6.07 Å². The highest BCUT2D eigenvalue weighted by atomic mass is 19.3. The summed E-state index contributed by atoms with van der Waals surface area (Å²) in [4.78, 5) is 14.3. The van der Waals surface area contributed by atoms with Gasteiger partial charge in [0.25, 0.3) is 11.6 Å². The molecule has 0 saturated carbocycles. The summed E-state index contributed by atoms with van der Waals surface area (Å²) in [5.74, 6) is -3.28. The molecule has 1 aromatic rings.